The van der Waals surface area contributed by atoms with Crippen molar-refractivity contribution in [2.24, 2.45) is 0 Å². The molecule has 2 aromatic carbocycles. The van der Waals surface area contributed by atoms with Crippen LogP contribution in [-0.4, -0.2) is 24.4 Å². The number of carbonyl (C=O) groups is 3. The van der Waals surface area contributed by atoms with Crippen molar-refractivity contribution in [1.82, 2.24) is 0 Å². The van der Waals surface area contributed by atoms with Crippen LogP contribution in [0.4, 0.5) is 24.5 Å². The fraction of sp³-hybridized carbons (Fsp3) is 0.250. The molecular weight excluding hydrogens is 425 g/mol. The lowest BCUT2D eigenvalue weighted by Crippen LogP contribution is -2.22. The zero-order valence-electron chi connectivity index (χ0n) is 15.8. The SMILES string of the molecule is Cc1c(Cl)cccc1NC(=O)COC(=O)CCC(=O)Nc1cccc(C(F)(F)F)c1. The summed E-state index contributed by atoms with van der Waals surface area (Å²) in [7, 11) is 0. The molecule has 2 N–H and O–H groups in total. The number of halogens is 4. The molecular formula is C20H18ClF3N2O4. The highest BCUT2D eigenvalue weighted by molar-refractivity contribution is 6.31. The lowest BCUT2D eigenvalue weighted by atomic mass is 10.2. The van der Waals surface area contributed by atoms with Gasteiger partial charge in [0.2, 0.25) is 5.91 Å². The number of alkyl halides is 3. The van der Waals surface area contributed by atoms with Gasteiger partial charge in [0.15, 0.2) is 6.61 Å². The van der Waals surface area contributed by atoms with Crippen LogP contribution in [-0.2, 0) is 25.3 Å². The molecule has 0 spiro atoms. The van der Waals surface area contributed by atoms with E-state index >= 15 is 0 Å². The minimum Gasteiger partial charge on any atom is -0.456 e. The third-order valence-electron chi connectivity index (χ3n) is 3.94. The molecule has 2 amide bonds. The van der Waals surface area contributed by atoms with Crippen molar-refractivity contribution in [2.75, 3.05) is 17.2 Å². The summed E-state index contributed by atoms with van der Waals surface area (Å²) in [5.74, 6) is -2.04. The van der Waals surface area contributed by atoms with Crippen molar-refractivity contribution in [1.29, 1.82) is 0 Å². The molecule has 0 aliphatic rings. The van der Waals surface area contributed by atoms with E-state index in [4.69, 9.17) is 16.3 Å². The van der Waals surface area contributed by atoms with Gasteiger partial charge in [0.05, 0.1) is 12.0 Å². The van der Waals surface area contributed by atoms with E-state index in [0.29, 0.717) is 16.3 Å². The van der Waals surface area contributed by atoms with Crippen molar-refractivity contribution >= 4 is 40.8 Å². The average Bonchev–Trinajstić information content (AvgIpc) is 2.68. The molecule has 0 aromatic heterocycles. The number of carbonyl (C=O) groups excluding carboxylic acids is 3. The van der Waals surface area contributed by atoms with Crippen LogP contribution >= 0.6 is 11.6 Å². The van der Waals surface area contributed by atoms with Crippen LogP contribution in [0.2, 0.25) is 5.02 Å². The average molecular weight is 443 g/mol. The summed E-state index contributed by atoms with van der Waals surface area (Å²) >= 11 is 5.95. The van der Waals surface area contributed by atoms with E-state index in [1.54, 1.807) is 25.1 Å². The predicted molar refractivity (Wildman–Crippen MR) is 105 cm³/mol. The number of hydrogen-bond donors (Lipinski definition) is 2. The molecule has 10 heteroatoms. The van der Waals surface area contributed by atoms with Crippen molar-refractivity contribution in [3.8, 4) is 0 Å². The summed E-state index contributed by atoms with van der Waals surface area (Å²) in [6.45, 7) is 1.16. The highest BCUT2D eigenvalue weighted by Gasteiger charge is 2.30. The van der Waals surface area contributed by atoms with Gasteiger partial charge in [-0.05, 0) is 42.8 Å². The topological polar surface area (TPSA) is 84.5 Å². The van der Waals surface area contributed by atoms with E-state index in [9.17, 15) is 27.6 Å². The van der Waals surface area contributed by atoms with E-state index in [0.717, 1.165) is 18.2 Å². The van der Waals surface area contributed by atoms with Crippen LogP contribution < -0.4 is 10.6 Å². The number of hydrogen-bond acceptors (Lipinski definition) is 4. The Bertz CT molecular complexity index is 948. The van der Waals surface area contributed by atoms with Gasteiger partial charge in [0.25, 0.3) is 5.91 Å². The molecule has 2 aromatic rings. The zero-order chi connectivity index (χ0) is 22.3. The number of esters is 1. The van der Waals surface area contributed by atoms with Crippen molar-refractivity contribution in [2.45, 2.75) is 25.9 Å². The van der Waals surface area contributed by atoms with Crippen molar-refractivity contribution in [3.63, 3.8) is 0 Å². The third-order valence-corrected chi connectivity index (χ3v) is 4.35. The fourth-order valence-corrected chi connectivity index (χ4v) is 2.53. The molecule has 0 bridgehead atoms. The maximum atomic E-state index is 12.7. The molecule has 0 saturated heterocycles. The van der Waals surface area contributed by atoms with E-state index in [2.05, 4.69) is 10.6 Å². The first-order chi connectivity index (χ1) is 14.1. The lowest BCUT2D eigenvalue weighted by Gasteiger charge is -2.10. The number of benzene rings is 2. The summed E-state index contributed by atoms with van der Waals surface area (Å²) < 4.78 is 42.8. The van der Waals surface area contributed by atoms with Crippen molar-refractivity contribution in [3.05, 3.63) is 58.6 Å². The predicted octanol–water partition coefficient (Wildman–Crippen LogP) is 4.57. The molecule has 2 rings (SSSR count). The Morgan fingerprint density at radius 3 is 2.40 bits per heavy atom. The van der Waals surface area contributed by atoms with Crippen LogP contribution in [0.25, 0.3) is 0 Å². The summed E-state index contributed by atoms with van der Waals surface area (Å²) in [6.07, 6.45) is -5.19. The van der Waals surface area contributed by atoms with E-state index in [1.165, 1.54) is 6.07 Å². The smallest absolute Gasteiger partial charge is 0.416 e. The Hall–Kier alpha value is -3.07. The molecule has 0 radical (unpaired) electrons. The van der Waals surface area contributed by atoms with Gasteiger partial charge in [-0.1, -0.05) is 23.7 Å². The van der Waals surface area contributed by atoms with Gasteiger partial charge >= 0.3 is 12.1 Å². The maximum Gasteiger partial charge on any atom is 0.416 e. The van der Waals surface area contributed by atoms with Crippen molar-refractivity contribution < 1.29 is 32.3 Å². The second kappa shape index (κ2) is 10.1. The van der Waals surface area contributed by atoms with Gasteiger partial charge in [0.1, 0.15) is 0 Å². The molecule has 0 atom stereocenters. The molecule has 0 heterocycles. The molecule has 0 saturated carbocycles. The van der Waals surface area contributed by atoms with Gasteiger partial charge in [-0.15, -0.1) is 0 Å². The molecule has 0 aliphatic carbocycles. The number of amides is 2. The number of rotatable bonds is 7. The monoisotopic (exact) mass is 442 g/mol. The molecule has 6 nitrogen and oxygen atoms in total. The standard InChI is InChI=1S/C20H18ClF3N2O4/c1-12-15(21)6-3-7-16(12)26-18(28)11-30-19(29)9-8-17(27)25-14-5-2-4-13(10-14)20(22,23)24/h2-7,10H,8-9,11H2,1H3,(H,25,27)(H,26,28). The summed E-state index contributed by atoms with van der Waals surface area (Å²) in [6, 6.07) is 9.08. The second-order valence-corrected chi connectivity index (χ2v) is 6.66. The highest BCUT2D eigenvalue weighted by Crippen LogP contribution is 2.30. The van der Waals surface area contributed by atoms with E-state index in [-0.39, 0.29) is 18.5 Å². The van der Waals surface area contributed by atoms with Crippen LogP contribution in [0.15, 0.2) is 42.5 Å². The van der Waals surface area contributed by atoms with Crippen LogP contribution in [0.5, 0.6) is 0 Å². The number of anilines is 2. The third kappa shape index (κ3) is 7.07. The van der Waals surface area contributed by atoms with Gasteiger partial charge in [-0.3, -0.25) is 14.4 Å². The largest absolute Gasteiger partial charge is 0.456 e. The lowest BCUT2D eigenvalue weighted by molar-refractivity contribution is -0.147. The minimum atomic E-state index is -4.53. The highest BCUT2D eigenvalue weighted by atomic mass is 35.5. The van der Waals surface area contributed by atoms with Crippen LogP contribution in [0.1, 0.15) is 24.0 Å². The van der Waals surface area contributed by atoms with Gasteiger partial charge < -0.3 is 15.4 Å². The first-order valence-corrected chi connectivity index (χ1v) is 9.12. The quantitative estimate of drug-likeness (QED) is 0.615. The molecule has 0 unspecified atom stereocenters. The summed E-state index contributed by atoms with van der Waals surface area (Å²) in [5.41, 5.74) is 0.189. The van der Waals surface area contributed by atoms with E-state index in [1.807, 2.05) is 0 Å². The maximum absolute atomic E-state index is 12.7. The Balaban J connectivity index is 1.76. The Morgan fingerprint density at radius 2 is 1.70 bits per heavy atom. The van der Waals surface area contributed by atoms with Crippen LogP contribution in [0, 0.1) is 6.92 Å². The Morgan fingerprint density at radius 1 is 1.00 bits per heavy atom. The summed E-state index contributed by atoms with van der Waals surface area (Å²) in [5, 5.41) is 5.30. The molecule has 0 aliphatic heterocycles. The zero-order valence-corrected chi connectivity index (χ0v) is 16.6. The first-order valence-electron chi connectivity index (χ1n) is 8.74. The Kier molecular flexibility index (Phi) is 7.82. The van der Waals surface area contributed by atoms with E-state index < -0.39 is 36.1 Å². The molecule has 0 fully saturated rings. The van der Waals surface area contributed by atoms with Gasteiger partial charge in [-0.25, -0.2) is 0 Å². The fourth-order valence-electron chi connectivity index (χ4n) is 2.36. The van der Waals surface area contributed by atoms with Crippen LogP contribution in [0.3, 0.4) is 0 Å². The second-order valence-electron chi connectivity index (χ2n) is 6.25. The Labute approximate surface area is 175 Å². The molecule has 160 valence electrons. The van der Waals surface area contributed by atoms with Gasteiger partial charge in [0, 0.05) is 22.8 Å². The first kappa shape index (κ1) is 23.2. The summed E-state index contributed by atoms with van der Waals surface area (Å²) in [4.78, 5) is 35.4. The minimum absolute atomic E-state index is 0.0422. The number of nitrogens with one attached hydrogen (secondary N) is 2. The van der Waals surface area contributed by atoms with Gasteiger partial charge in [-0.2, -0.15) is 13.2 Å². The normalized spacial score (nSPS) is 11.0. The molecule has 30 heavy (non-hydrogen) atoms. The number of ether oxygens (including phenoxy) is 1.